The molecule has 8 heteroatoms. The Hall–Kier alpha value is -1.67. The van der Waals surface area contributed by atoms with Gasteiger partial charge >= 0.3 is 0 Å². The number of rotatable bonds is 6. The van der Waals surface area contributed by atoms with Crippen LogP contribution in [0.1, 0.15) is 16.8 Å². The summed E-state index contributed by atoms with van der Waals surface area (Å²) in [6.07, 6.45) is 1.45. The number of carbonyl (C=O) groups is 1. The first-order chi connectivity index (χ1) is 8.79. The topological polar surface area (TPSA) is 101 Å². The molecule has 0 spiro atoms. The number of nitrogens with two attached hydrogens (primary N) is 1. The molecule has 0 saturated heterocycles. The normalized spacial score (nSPS) is 11.3. The number of nitrogens with one attached hydrogen (secondary N) is 2. The van der Waals surface area contributed by atoms with Gasteiger partial charge in [0.25, 0.3) is 5.91 Å². The second kappa shape index (κ2) is 6.48. The van der Waals surface area contributed by atoms with Crippen molar-refractivity contribution in [1.82, 2.24) is 10.0 Å². The number of sulfonamides is 1. The van der Waals surface area contributed by atoms with Crippen LogP contribution >= 0.6 is 0 Å². The summed E-state index contributed by atoms with van der Waals surface area (Å²) < 4.78 is 37.2. The van der Waals surface area contributed by atoms with Crippen LogP contribution in [-0.4, -0.2) is 33.7 Å². The second-order valence-corrected chi connectivity index (χ2v) is 5.85. The quantitative estimate of drug-likeness (QED) is 0.510. The van der Waals surface area contributed by atoms with E-state index in [0.717, 1.165) is 12.3 Å². The minimum atomic E-state index is -3.23. The molecule has 0 saturated carbocycles. The molecule has 0 unspecified atom stereocenters. The number of amides is 1. The lowest BCUT2D eigenvalue weighted by Gasteiger charge is -2.07. The fourth-order valence-electron chi connectivity index (χ4n) is 1.36. The Kier molecular flexibility index (Phi) is 5.25. The molecule has 0 radical (unpaired) electrons. The number of hydrogen-bond acceptors (Lipinski definition) is 4. The van der Waals surface area contributed by atoms with Gasteiger partial charge in [0.2, 0.25) is 10.0 Å². The van der Waals surface area contributed by atoms with E-state index in [-0.39, 0.29) is 18.7 Å². The highest BCUT2D eigenvalue weighted by Crippen LogP contribution is 2.11. The Bertz CT molecular complexity index is 560. The molecule has 1 aromatic carbocycles. The number of nitrogen functional groups attached to an aromatic ring is 1. The van der Waals surface area contributed by atoms with E-state index in [1.807, 2.05) is 0 Å². The molecule has 1 aromatic rings. The summed E-state index contributed by atoms with van der Waals surface area (Å²) in [5.74, 6) is -1.23. The van der Waals surface area contributed by atoms with Crippen molar-refractivity contribution >= 4 is 21.6 Å². The van der Waals surface area contributed by atoms with E-state index in [4.69, 9.17) is 5.73 Å². The van der Waals surface area contributed by atoms with Gasteiger partial charge < -0.3 is 11.1 Å². The van der Waals surface area contributed by atoms with Gasteiger partial charge in [-0.3, -0.25) is 4.79 Å². The van der Waals surface area contributed by atoms with Gasteiger partial charge in [0.05, 0.1) is 11.8 Å². The van der Waals surface area contributed by atoms with Gasteiger partial charge in [-0.1, -0.05) is 0 Å². The summed E-state index contributed by atoms with van der Waals surface area (Å²) in [5.41, 5.74) is 5.63. The van der Waals surface area contributed by atoms with E-state index >= 15 is 0 Å². The van der Waals surface area contributed by atoms with Gasteiger partial charge in [-0.05, 0) is 24.6 Å². The average molecular weight is 289 g/mol. The monoisotopic (exact) mass is 289 g/mol. The van der Waals surface area contributed by atoms with Gasteiger partial charge in [0, 0.05) is 18.8 Å². The first-order valence-electron chi connectivity index (χ1n) is 5.57. The summed E-state index contributed by atoms with van der Waals surface area (Å²) in [5, 5.41) is 2.48. The predicted molar refractivity (Wildman–Crippen MR) is 70.6 cm³/mol. The fraction of sp³-hybridized carbons (Fsp3) is 0.364. The fourth-order valence-corrected chi connectivity index (χ4v) is 1.88. The summed E-state index contributed by atoms with van der Waals surface area (Å²) in [6, 6.07) is 3.73. The third-order valence-electron chi connectivity index (χ3n) is 2.24. The van der Waals surface area contributed by atoms with Crippen molar-refractivity contribution in [3.05, 3.63) is 29.6 Å². The molecule has 0 fully saturated rings. The zero-order valence-corrected chi connectivity index (χ0v) is 11.3. The van der Waals surface area contributed by atoms with Crippen LogP contribution in [0.3, 0.4) is 0 Å². The summed E-state index contributed by atoms with van der Waals surface area (Å²) in [7, 11) is -3.23. The predicted octanol–water partition coefficient (Wildman–Crippen LogP) is 0.0770. The van der Waals surface area contributed by atoms with Crippen LogP contribution in [0.4, 0.5) is 10.1 Å². The first-order valence-corrected chi connectivity index (χ1v) is 7.46. The van der Waals surface area contributed by atoms with Crippen LogP contribution < -0.4 is 15.8 Å². The van der Waals surface area contributed by atoms with E-state index in [9.17, 15) is 17.6 Å². The van der Waals surface area contributed by atoms with Crippen LogP contribution in [0.5, 0.6) is 0 Å². The van der Waals surface area contributed by atoms with Crippen molar-refractivity contribution in [2.24, 2.45) is 0 Å². The van der Waals surface area contributed by atoms with Crippen LogP contribution in [0.15, 0.2) is 18.2 Å². The zero-order valence-electron chi connectivity index (χ0n) is 10.4. The van der Waals surface area contributed by atoms with E-state index in [2.05, 4.69) is 10.0 Å². The third kappa shape index (κ3) is 5.66. The molecule has 1 amide bonds. The molecule has 0 aromatic heterocycles. The largest absolute Gasteiger partial charge is 0.399 e. The SMILES string of the molecule is CS(=O)(=O)NCCCNC(=O)c1cc(N)ccc1F. The third-order valence-corrected chi connectivity index (χ3v) is 2.97. The average Bonchev–Trinajstić information content (AvgIpc) is 2.30. The molecular formula is C11H16FN3O3S. The van der Waals surface area contributed by atoms with E-state index in [1.54, 1.807) is 0 Å². The van der Waals surface area contributed by atoms with Crippen LogP contribution in [-0.2, 0) is 10.0 Å². The summed E-state index contributed by atoms with van der Waals surface area (Å²) in [4.78, 5) is 11.6. The Morgan fingerprint density at radius 3 is 2.68 bits per heavy atom. The van der Waals surface area contributed by atoms with E-state index in [0.29, 0.717) is 12.1 Å². The maximum absolute atomic E-state index is 13.3. The van der Waals surface area contributed by atoms with Gasteiger partial charge in [0.1, 0.15) is 5.82 Å². The van der Waals surface area contributed by atoms with E-state index < -0.39 is 21.7 Å². The van der Waals surface area contributed by atoms with Crippen LogP contribution in [0.25, 0.3) is 0 Å². The Morgan fingerprint density at radius 1 is 1.37 bits per heavy atom. The number of benzene rings is 1. The molecular weight excluding hydrogens is 273 g/mol. The zero-order chi connectivity index (χ0) is 14.5. The van der Waals surface area contributed by atoms with Crippen molar-refractivity contribution in [2.75, 3.05) is 25.1 Å². The van der Waals surface area contributed by atoms with Gasteiger partial charge in [0.15, 0.2) is 0 Å². The Labute approximate surface area is 111 Å². The lowest BCUT2D eigenvalue weighted by Crippen LogP contribution is -2.29. The maximum Gasteiger partial charge on any atom is 0.254 e. The lowest BCUT2D eigenvalue weighted by molar-refractivity contribution is 0.0949. The molecule has 0 heterocycles. The van der Waals surface area contributed by atoms with Gasteiger partial charge in [-0.2, -0.15) is 0 Å². The number of halogens is 1. The summed E-state index contributed by atoms with van der Waals surface area (Å²) in [6.45, 7) is 0.439. The standard InChI is InChI=1S/C11H16FN3O3S/c1-19(17,18)15-6-2-5-14-11(16)9-7-8(13)3-4-10(9)12/h3-4,7,15H,2,5-6,13H2,1H3,(H,14,16). The summed E-state index contributed by atoms with van der Waals surface area (Å²) >= 11 is 0. The second-order valence-electron chi connectivity index (χ2n) is 4.02. The molecule has 0 aliphatic heterocycles. The Balaban J connectivity index is 2.42. The highest BCUT2D eigenvalue weighted by Gasteiger charge is 2.11. The number of hydrogen-bond donors (Lipinski definition) is 3. The minimum absolute atomic E-state index is 0.129. The molecule has 106 valence electrons. The lowest BCUT2D eigenvalue weighted by atomic mass is 10.1. The molecule has 1 rings (SSSR count). The number of carbonyl (C=O) groups excluding carboxylic acids is 1. The smallest absolute Gasteiger partial charge is 0.254 e. The molecule has 6 nitrogen and oxygen atoms in total. The molecule has 0 bridgehead atoms. The van der Waals surface area contributed by atoms with Crippen LogP contribution in [0.2, 0.25) is 0 Å². The first kappa shape index (κ1) is 15.4. The van der Waals surface area contributed by atoms with Crippen molar-refractivity contribution in [3.63, 3.8) is 0 Å². The van der Waals surface area contributed by atoms with Crippen molar-refractivity contribution in [1.29, 1.82) is 0 Å². The Morgan fingerprint density at radius 2 is 2.05 bits per heavy atom. The number of anilines is 1. The highest BCUT2D eigenvalue weighted by atomic mass is 32.2. The van der Waals surface area contributed by atoms with Gasteiger partial charge in [-0.25, -0.2) is 17.5 Å². The highest BCUT2D eigenvalue weighted by molar-refractivity contribution is 7.88. The van der Waals surface area contributed by atoms with Crippen molar-refractivity contribution in [2.45, 2.75) is 6.42 Å². The molecule has 4 N–H and O–H groups in total. The minimum Gasteiger partial charge on any atom is -0.399 e. The van der Waals surface area contributed by atoms with Crippen molar-refractivity contribution in [3.8, 4) is 0 Å². The van der Waals surface area contributed by atoms with Crippen molar-refractivity contribution < 1.29 is 17.6 Å². The molecule has 0 aliphatic carbocycles. The van der Waals surface area contributed by atoms with Gasteiger partial charge in [-0.15, -0.1) is 0 Å². The maximum atomic E-state index is 13.3. The molecule has 0 atom stereocenters. The van der Waals surface area contributed by atoms with Crippen LogP contribution in [0, 0.1) is 5.82 Å². The molecule has 0 aliphatic rings. The molecule has 19 heavy (non-hydrogen) atoms. The van der Waals surface area contributed by atoms with E-state index in [1.165, 1.54) is 12.1 Å².